The number of hydrogen-bond donors (Lipinski definition) is 0. The maximum absolute atomic E-state index is 13.0. The summed E-state index contributed by atoms with van der Waals surface area (Å²) >= 11 is 0. The summed E-state index contributed by atoms with van der Waals surface area (Å²) in [4.78, 5) is 17.4. The fourth-order valence-corrected chi connectivity index (χ4v) is 4.69. The summed E-state index contributed by atoms with van der Waals surface area (Å²) in [6, 6.07) is 6.60. The van der Waals surface area contributed by atoms with E-state index in [1.54, 1.807) is 12.1 Å². The molecule has 1 heterocycles. The van der Waals surface area contributed by atoms with Gasteiger partial charge in [-0.3, -0.25) is 9.69 Å². The van der Waals surface area contributed by atoms with Crippen LogP contribution in [0.15, 0.2) is 24.3 Å². The molecule has 132 valence electrons. The molecule has 1 atom stereocenters. The van der Waals surface area contributed by atoms with E-state index in [9.17, 15) is 9.18 Å². The van der Waals surface area contributed by atoms with Crippen LogP contribution >= 0.6 is 0 Å². The van der Waals surface area contributed by atoms with E-state index < -0.39 is 0 Å². The van der Waals surface area contributed by atoms with E-state index in [0.29, 0.717) is 18.0 Å². The fourth-order valence-electron chi connectivity index (χ4n) is 4.69. The molecule has 24 heavy (non-hydrogen) atoms. The average molecular weight is 332 g/mol. The highest BCUT2D eigenvalue weighted by Gasteiger charge is 2.46. The molecule has 1 saturated heterocycles. The molecule has 2 aliphatic rings. The number of nitrogens with zero attached hydrogens (tertiary/aromatic N) is 2. The zero-order valence-electron chi connectivity index (χ0n) is 14.9. The third kappa shape index (κ3) is 3.49. The Hall–Kier alpha value is -1.42. The van der Waals surface area contributed by atoms with Gasteiger partial charge in [0, 0.05) is 24.7 Å². The summed E-state index contributed by atoms with van der Waals surface area (Å²) in [7, 11) is 2.23. The molecule has 1 saturated carbocycles. The van der Waals surface area contributed by atoms with Crippen molar-refractivity contribution >= 4 is 5.91 Å². The standard InChI is InChI=1S/C20H29FN2O/c1-3-23(19(24)13-16-7-9-17(21)10-8-16)18-14-20(22(2)15-18)11-5-4-6-12-20/h7-10,18H,3-6,11-15H2,1-2H3. The highest BCUT2D eigenvalue weighted by atomic mass is 19.1. The van der Waals surface area contributed by atoms with Crippen molar-refractivity contribution in [2.45, 2.75) is 63.5 Å². The van der Waals surface area contributed by atoms with Crippen molar-refractivity contribution in [3.63, 3.8) is 0 Å². The van der Waals surface area contributed by atoms with Gasteiger partial charge in [-0.2, -0.15) is 0 Å². The molecular formula is C20H29FN2O. The van der Waals surface area contributed by atoms with Gasteiger partial charge in [0.25, 0.3) is 0 Å². The Morgan fingerprint density at radius 1 is 1.25 bits per heavy atom. The first kappa shape index (κ1) is 17.4. The van der Waals surface area contributed by atoms with Crippen molar-refractivity contribution in [3.8, 4) is 0 Å². The molecule has 2 fully saturated rings. The minimum absolute atomic E-state index is 0.162. The molecule has 0 N–H and O–H groups in total. The van der Waals surface area contributed by atoms with E-state index in [2.05, 4.69) is 18.9 Å². The third-order valence-corrected chi connectivity index (χ3v) is 6.06. The molecule has 1 unspecified atom stereocenters. The van der Waals surface area contributed by atoms with Crippen molar-refractivity contribution in [3.05, 3.63) is 35.6 Å². The predicted molar refractivity (Wildman–Crippen MR) is 94.3 cm³/mol. The lowest BCUT2D eigenvalue weighted by molar-refractivity contribution is -0.132. The number of hydrogen-bond acceptors (Lipinski definition) is 2. The molecule has 3 rings (SSSR count). The Balaban J connectivity index is 1.67. The van der Waals surface area contributed by atoms with Crippen molar-refractivity contribution in [1.29, 1.82) is 0 Å². The lowest BCUT2D eigenvalue weighted by Crippen LogP contribution is -2.42. The number of carbonyl (C=O) groups excluding carboxylic acids is 1. The SMILES string of the molecule is CCN(C(=O)Cc1ccc(F)cc1)C1CN(C)C2(CCCCC2)C1. The predicted octanol–water partition coefficient (Wildman–Crippen LogP) is 3.62. The summed E-state index contributed by atoms with van der Waals surface area (Å²) in [5, 5.41) is 0. The number of halogens is 1. The van der Waals surface area contributed by atoms with Crippen LogP contribution in [0.4, 0.5) is 4.39 Å². The molecule has 0 aromatic heterocycles. The van der Waals surface area contributed by atoms with Crippen LogP contribution in [0.2, 0.25) is 0 Å². The molecule has 1 amide bonds. The maximum atomic E-state index is 13.0. The van der Waals surface area contributed by atoms with E-state index >= 15 is 0 Å². The number of amides is 1. The summed E-state index contributed by atoms with van der Waals surface area (Å²) < 4.78 is 13.0. The second kappa shape index (κ2) is 7.22. The smallest absolute Gasteiger partial charge is 0.227 e. The minimum atomic E-state index is -0.254. The molecule has 1 aromatic rings. The van der Waals surface area contributed by atoms with Gasteiger partial charge in [0.05, 0.1) is 6.42 Å². The van der Waals surface area contributed by atoms with E-state index in [1.807, 2.05) is 4.90 Å². The Labute approximate surface area is 144 Å². The van der Waals surface area contributed by atoms with Gasteiger partial charge >= 0.3 is 0 Å². The van der Waals surface area contributed by atoms with Gasteiger partial charge in [0.2, 0.25) is 5.91 Å². The number of likely N-dealkylation sites (N-methyl/N-ethyl adjacent to an activating group) is 2. The van der Waals surface area contributed by atoms with E-state index in [1.165, 1.54) is 44.2 Å². The molecule has 0 bridgehead atoms. The highest BCUT2D eigenvalue weighted by Crippen LogP contribution is 2.42. The Morgan fingerprint density at radius 2 is 1.92 bits per heavy atom. The number of benzene rings is 1. The van der Waals surface area contributed by atoms with Crippen LogP contribution in [0.1, 0.15) is 51.0 Å². The first-order valence-electron chi connectivity index (χ1n) is 9.29. The van der Waals surface area contributed by atoms with Crippen LogP contribution in [-0.2, 0) is 11.2 Å². The largest absolute Gasteiger partial charge is 0.338 e. The van der Waals surface area contributed by atoms with Crippen molar-refractivity contribution < 1.29 is 9.18 Å². The lowest BCUT2D eigenvalue weighted by Gasteiger charge is -2.39. The summed E-state index contributed by atoms with van der Waals surface area (Å²) in [6.45, 7) is 3.78. The lowest BCUT2D eigenvalue weighted by atomic mass is 9.79. The van der Waals surface area contributed by atoms with E-state index in [-0.39, 0.29) is 11.7 Å². The van der Waals surface area contributed by atoms with Crippen LogP contribution < -0.4 is 0 Å². The average Bonchev–Trinajstić information content (AvgIpc) is 2.87. The van der Waals surface area contributed by atoms with Crippen LogP contribution in [-0.4, -0.2) is 47.4 Å². The van der Waals surface area contributed by atoms with Crippen molar-refractivity contribution in [2.75, 3.05) is 20.1 Å². The van der Waals surface area contributed by atoms with Crippen LogP contribution in [0.25, 0.3) is 0 Å². The van der Waals surface area contributed by atoms with Gasteiger partial charge in [-0.1, -0.05) is 31.4 Å². The second-order valence-corrected chi connectivity index (χ2v) is 7.51. The first-order chi connectivity index (χ1) is 11.5. The normalized spacial score (nSPS) is 23.5. The van der Waals surface area contributed by atoms with E-state index in [0.717, 1.165) is 25.1 Å². The van der Waals surface area contributed by atoms with Crippen LogP contribution in [0.3, 0.4) is 0 Å². The quantitative estimate of drug-likeness (QED) is 0.841. The maximum Gasteiger partial charge on any atom is 0.227 e. The topological polar surface area (TPSA) is 23.6 Å². The number of rotatable bonds is 4. The molecule has 4 heteroatoms. The summed E-state index contributed by atoms with van der Waals surface area (Å²) in [6.07, 6.45) is 7.97. The van der Waals surface area contributed by atoms with Gasteiger partial charge in [-0.05, 0) is 50.9 Å². The Kier molecular flexibility index (Phi) is 5.24. The number of carbonyl (C=O) groups is 1. The molecule has 1 aromatic carbocycles. The third-order valence-electron chi connectivity index (χ3n) is 6.06. The molecule has 0 radical (unpaired) electrons. The minimum Gasteiger partial charge on any atom is -0.338 e. The monoisotopic (exact) mass is 332 g/mol. The molecule has 1 spiro atoms. The van der Waals surface area contributed by atoms with Crippen LogP contribution in [0, 0.1) is 5.82 Å². The van der Waals surface area contributed by atoms with Crippen molar-refractivity contribution in [2.24, 2.45) is 0 Å². The van der Waals surface area contributed by atoms with Gasteiger partial charge in [0.15, 0.2) is 0 Å². The van der Waals surface area contributed by atoms with Gasteiger partial charge in [0.1, 0.15) is 5.82 Å². The van der Waals surface area contributed by atoms with Gasteiger partial charge in [-0.15, -0.1) is 0 Å². The first-order valence-corrected chi connectivity index (χ1v) is 9.29. The van der Waals surface area contributed by atoms with Gasteiger partial charge in [-0.25, -0.2) is 4.39 Å². The van der Waals surface area contributed by atoms with E-state index in [4.69, 9.17) is 0 Å². The Bertz CT molecular complexity index is 566. The molecule has 1 aliphatic carbocycles. The summed E-state index contributed by atoms with van der Waals surface area (Å²) in [5.41, 5.74) is 1.20. The molecule has 3 nitrogen and oxygen atoms in total. The highest BCUT2D eigenvalue weighted by molar-refractivity contribution is 5.79. The zero-order chi connectivity index (χ0) is 17.2. The van der Waals surface area contributed by atoms with Crippen LogP contribution in [0.5, 0.6) is 0 Å². The second-order valence-electron chi connectivity index (χ2n) is 7.51. The number of likely N-dealkylation sites (tertiary alicyclic amines) is 1. The molecule has 1 aliphatic heterocycles. The zero-order valence-corrected chi connectivity index (χ0v) is 14.9. The fraction of sp³-hybridized carbons (Fsp3) is 0.650. The van der Waals surface area contributed by atoms with Gasteiger partial charge < -0.3 is 4.90 Å². The summed E-state index contributed by atoms with van der Waals surface area (Å²) in [5.74, 6) is -0.0921. The van der Waals surface area contributed by atoms with Crippen molar-refractivity contribution in [1.82, 2.24) is 9.80 Å². The molecular weight excluding hydrogens is 303 g/mol. The Morgan fingerprint density at radius 3 is 2.54 bits per heavy atom.